The van der Waals surface area contributed by atoms with Crippen LogP contribution < -0.4 is 15.0 Å². The average Bonchev–Trinajstić information content (AvgIpc) is 2.84. The Morgan fingerprint density at radius 2 is 1.88 bits per heavy atom. The molecule has 0 aliphatic carbocycles. The summed E-state index contributed by atoms with van der Waals surface area (Å²) < 4.78 is 27.8. The monoisotopic (exact) mass is 498 g/mol. The lowest BCUT2D eigenvalue weighted by Crippen LogP contribution is -2.30. The van der Waals surface area contributed by atoms with Gasteiger partial charge in [0.1, 0.15) is 5.75 Å². The number of carbonyl (C=O) groups excluding carboxylic acids is 1. The van der Waals surface area contributed by atoms with Gasteiger partial charge in [-0.25, -0.2) is 8.42 Å². The second kappa shape index (κ2) is 10.9. The lowest BCUT2D eigenvalue weighted by Gasteiger charge is -2.32. The maximum absolute atomic E-state index is 12.7. The largest absolute Gasteiger partial charge is 0.493 e. The number of halogens is 1. The summed E-state index contributed by atoms with van der Waals surface area (Å²) in [7, 11) is -2.60. The number of anilines is 1. The number of nitrogens with one attached hydrogen (secondary N) is 1. The van der Waals surface area contributed by atoms with Crippen molar-refractivity contribution in [2.24, 2.45) is 0 Å². The van der Waals surface area contributed by atoms with Gasteiger partial charge in [-0.3, -0.25) is 4.79 Å². The van der Waals surface area contributed by atoms with Crippen LogP contribution in [0, 0.1) is 0 Å². The third kappa shape index (κ3) is 5.72. The minimum Gasteiger partial charge on any atom is -0.493 e. The Balaban J connectivity index is 1.46. The number of ether oxygens (including phenoxy) is 1. The summed E-state index contributed by atoms with van der Waals surface area (Å²) in [5.41, 5.74) is 4.80. The summed E-state index contributed by atoms with van der Waals surface area (Å²) in [4.78, 5) is 15.3. The molecule has 3 aromatic rings. The molecule has 1 aliphatic rings. The molecule has 178 valence electrons. The van der Waals surface area contributed by atoms with E-state index in [1.807, 2.05) is 43.3 Å². The van der Waals surface area contributed by atoms with Crippen molar-refractivity contribution in [1.29, 1.82) is 0 Å². The number of fused-ring (bicyclic) bond motifs is 1. The predicted octanol–water partition coefficient (Wildman–Crippen LogP) is 4.59. The van der Waals surface area contributed by atoms with Crippen molar-refractivity contribution < 1.29 is 17.9 Å². The third-order valence-corrected chi connectivity index (χ3v) is 6.80. The molecule has 34 heavy (non-hydrogen) atoms. The molecule has 0 aromatic heterocycles. The van der Waals surface area contributed by atoms with Gasteiger partial charge in [-0.15, -0.1) is 0 Å². The smallest absolute Gasteiger partial charge is 0.251 e. The zero-order valence-electron chi connectivity index (χ0n) is 18.9. The molecule has 0 saturated carbocycles. The first kappa shape index (κ1) is 24.1. The topological polar surface area (TPSA) is 75.7 Å². The maximum atomic E-state index is 12.7. The van der Waals surface area contributed by atoms with E-state index in [-0.39, 0.29) is 10.8 Å². The second-order valence-electron chi connectivity index (χ2n) is 8.16. The fraction of sp³-hybridized carbons (Fsp3) is 0.269. The normalized spacial score (nSPS) is 13.0. The van der Waals surface area contributed by atoms with Crippen molar-refractivity contribution in [3.05, 3.63) is 87.9 Å². The van der Waals surface area contributed by atoms with Crippen molar-refractivity contribution in [2.75, 3.05) is 18.1 Å². The lowest BCUT2D eigenvalue weighted by atomic mass is 9.98. The van der Waals surface area contributed by atoms with Crippen LogP contribution >= 0.6 is 11.6 Å². The predicted molar refractivity (Wildman–Crippen MR) is 135 cm³/mol. The van der Waals surface area contributed by atoms with E-state index in [0.717, 1.165) is 47.5 Å². The Labute approximate surface area is 206 Å². The quantitative estimate of drug-likeness (QED) is 0.444. The van der Waals surface area contributed by atoms with E-state index in [4.69, 9.17) is 16.3 Å². The fourth-order valence-corrected chi connectivity index (χ4v) is 4.71. The van der Waals surface area contributed by atoms with Gasteiger partial charge in [0.15, 0.2) is 10.7 Å². The third-order valence-electron chi connectivity index (χ3n) is 5.85. The SMILES string of the molecule is CCOc1cc(Cl)ccc1CN1CCCc2cc(C(=O)NCc3ccc([SH](=O)=O)cc3)ccc21. The molecule has 0 bridgehead atoms. The Morgan fingerprint density at radius 3 is 2.62 bits per heavy atom. The molecule has 0 radical (unpaired) electrons. The molecule has 0 fully saturated rings. The van der Waals surface area contributed by atoms with Crippen LogP contribution in [0.15, 0.2) is 65.6 Å². The summed E-state index contributed by atoms with van der Waals surface area (Å²) in [5, 5.41) is 3.57. The van der Waals surface area contributed by atoms with Crippen molar-refractivity contribution in [3.8, 4) is 5.75 Å². The first-order valence-corrected chi connectivity index (χ1v) is 12.8. The molecule has 0 spiro atoms. The number of aryl methyl sites for hydroxylation is 1. The van der Waals surface area contributed by atoms with Gasteiger partial charge >= 0.3 is 0 Å². The summed E-state index contributed by atoms with van der Waals surface area (Å²) in [6.45, 7) is 4.49. The highest BCUT2D eigenvalue weighted by Gasteiger charge is 2.20. The fourth-order valence-electron chi connectivity index (χ4n) is 4.15. The Kier molecular flexibility index (Phi) is 7.75. The highest BCUT2D eigenvalue weighted by Crippen LogP contribution is 2.32. The van der Waals surface area contributed by atoms with E-state index in [2.05, 4.69) is 10.2 Å². The number of benzene rings is 3. The van der Waals surface area contributed by atoms with Crippen LogP contribution in [0.1, 0.15) is 40.4 Å². The zero-order valence-corrected chi connectivity index (χ0v) is 20.6. The van der Waals surface area contributed by atoms with Gasteiger partial charge in [-0.1, -0.05) is 29.8 Å². The van der Waals surface area contributed by atoms with Crippen LogP contribution in [-0.2, 0) is 30.2 Å². The molecular weight excluding hydrogens is 472 g/mol. The van der Waals surface area contributed by atoms with Crippen LogP contribution in [0.25, 0.3) is 0 Å². The minimum absolute atomic E-state index is 0.157. The number of hydrogen-bond donors (Lipinski definition) is 2. The molecule has 4 rings (SSSR count). The first-order valence-electron chi connectivity index (χ1n) is 11.2. The molecule has 1 amide bonds. The Morgan fingerprint density at radius 1 is 1.09 bits per heavy atom. The summed E-state index contributed by atoms with van der Waals surface area (Å²) in [6.07, 6.45) is 1.92. The molecule has 1 heterocycles. The number of nitrogens with zero attached hydrogens (tertiary/aromatic N) is 1. The molecule has 8 heteroatoms. The standard InChI is InChI=1S/C26H27ClN2O4S/c1-2-33-25-15-22(27)9-7-21(25)17-29-13-3-4-19-14-20(8-12-24(19)29)26(30)28-16-18-5-10-23(11-6-18)34(31)32/h5-12,14-15,34H,2-4,13,16-17H2,1H3,(H,28,30). The maximum Gasteiger partial charge on any atom is 0.251 e. The van der Waals surface area contributed by atoms with Gasteiger partial charge in [0.25, 0.3) is 5.91 Å². The molecule has 3 aromatic carbocycles. The van der Waals surface area contributed by atoms with E-state index < -0.39 is 10.7 Å². The summed E-state index contributed by atoms with van der Waals surface area (Å²) in [6, 6.07) is 18.1. The van der Waals surface area contributed by atoms with Crippen molar-refractivity contribution in [2.45, 2.75) is 37.8 Å². The zero-order chi connectivity index (χ0) is 24.1. The van der Waals surface area contributed by atoms with E-state index in [1.54, 1.807) is 24.3 Å². The van der Waals surface area contributed by atoms with Crippen LogP contribution in [0.2, 0.25) is 5.02 Å². The molecule has 0 saturated heterocycles. The van der Waals surface area contributed by atoms with Crippen molar-refractivity contribution in [3.63, 3.8) is 0 Å². The van der Waals surface area contributed by atoms with E-state index >= 15 is 0 Å². The van der Waals surface area contributed by atoms with Gasteiger partial charge in [-0.2, -0.15) is 0 Å². The minimum atomic E-state index is -2.60. The number of carbonyl (C=O) groups is 1. The average molecular weight is 499 g/mol. The van der Waals surface area contributed by atoms with Gasteiger partial charge in [0.05, 0.1) is 11.5 Å². The molecule has 0 unspecified atom stereocenters. The molecule has 0 atom stereocenters. The van der Waals surface area contributed by atoms with Crippen LogP contribution in [0.3, 0.4) is 0 Å². The van der Waals surface area contributed by atoms with Crippen LogP contribution in [0.5, 0.6) is 5.75 Å². The molecule has 1 aliphatic heterocycles. The number of thiol groups is 1. The molecule has 6 nitrogen and oxygen atoms in total. The number of rotatable bonds is 8. The highest BCUT2D eigenvalue weighted by molar-refractivity contribution is 7.72. The summed E-state index contributed by atoms with van der Waals surface area (Å²) in [5.74, 6) is 0.642. The first-order chi connectivity index (χ1) is 16.4. The van der Waals surface area contributed by atoms with Gasteiger partial charge < -0.3 is 15.0 Å². The van der Waals surface area contributed by atoms with Gasteiger partial charge in [-0.05, 0) is 73.4 Å². The second-order valence-corrected chi connectivity index (χ2v) is 9.63. The Hall–Kier alpha value is -3.03. The van der Waals surface area contributed by atoms with Gasteiger partial charge in [0, 0.05) is 41.5 Å². The van der Waals surface area contributed by atoms with Crippen LogP contribution in [0.4, 0.5) is 5.69 Å². The van der Waals surface area contributed by atoms with Gasteiger partial charge in [0.2, 0.25) is 0 Å². The van der Waals surface area contributed by atoms with E-state index in [1.165, 1.54) is 0 Å². The van der Waals surface area contributed by atoms with E-state index in [9.17, 15) is 13.2 Å². The van der Waals surface area contributed by atoms with E-state index in [0.29, 0.717) is 30.3 Å². The molecular formula is C26H27ClN2O4S. The summed E-state index contributed by atoms with van der Waals surface area (Å²) >= 11 is 6.15. The lowest BCUT2D eigenvalue weighted by molar-refractivity contribution is 0.0950. The van der Waals surface area contributed by atoms with Crippen LogP contribution in [-0.4, -0.2) is 27.5 Å². The highest BCUT2D eigenvalue weighted by atomic mass is 35.5. The molecule has 1 N–H and O–H groups in total. The number of hydrogen-bond acceptors (Lipinski definition) is 5. The van der Waals surface area contributed by atoms with Crippen molar-refractivity contribution >= 4 is 33.9 Å². The van der Waals surface area contributed by atoms with Crippen molar-refractivity contribution in [1.82, 2.24) is 5.32 Å². The Bertz CT molecular complexity index is 1250. The number of amides is 1.